The highest BCUT2D eigenvalue weighted by molar-refractivity contribution is 6.05. The fourth-order valence-corrected chi connectivity index (χ4v) is 5.10. The van der Waals surface area contributed by atoms with Crippen molar-refractivity contribution in [1.82, 2.24) is 30.8 Å². The number of carbonyl (C=O) groups excluding carboxylic acids is 5. The first-order chi connectivity index (χ1) is 21.3. The fourth-order valence-electron chi connectivity index (χ4n) is 5.10. The maximum atomic E-state index is 13.5. The van der Waals surface area contributed by atoms with Crippen LogP contribution in [0, 0.1) is 0 Å². The van der Waals surface area contributed by atoms with Crippen LogP contribution in [-0.2, 0) is 25.6 Å². The van der Waals surface area contributed by atoms with Gasteiger partial charge in [0.15, 0.2) is 6.10 Å². The summed E-state index contributed by atoms with van der Waals surface area (Å²) in [6, 6.07) is 12.6. The zero-order chi connectivity index (χ0) is 32.7. The Morgan fingerprint density at radius 1 is 1.02 bits per heavy atom. The van der Waals surface area contributed by atoms with Crippen LogP contribution in [0.2, 0.25) is 0 Å². The number of amides is 5. The summed E-state index contributed by atoms with van der Waals surface area (Å²) in [5.41, 5.74) is 7.22. The van der Waals surface area contributed by atoms with Gasteiger partial charge in [0.25, 0.3) is 11.8 Å². The van der Waals surface area contributed by atoms with Crippen molar-refractivity contribution in [2.24, 2.45) is 5.73 Å². The van der Waals surface area contributed by atoms with Gasteiger partial charge in [0.2, 0.25) is 17.7 Å². The molecule has 4 atom stereocenters. The molecule has 4 rings (SSSR count). The normalized spacial score (nSPS) is 16.8. The Morgan fingerprint density at radius 2 is 1.69 bits per heavy atom. The zero-order valence-electron chi connectivity index (χ0n) is 25.5. The van der Waals surface area contributed by atoms with Gasteiger partial charge < -0.3 is 26.4 Å². The van der Waals surface area contributed by atoms with Crippen LogP contribution in [-0.4, -0.2) is 85.8 Å². The molecule has 6 N–H and O–H groups in total. The van der Waals surface area contributed by atoms with Crippen molar-refractivity contribution in [2.75, 3.05) is 6.54 Å². The molecule has 238 valence electrons. The molecule has 13 heteroatoms. The quantitative estimate of drug-likeness (QED) is 0.216. The largest absolute Gasteiger partial charge is 0.381 e. The van der Waals surface area contributed by atoms with Gasteiger partial charge in [-0.1, -0.05) is 42.5 Å². The average molecular weight is 618 g/mol. The summed E-state index contributed by atoms with van der Waals surface area (Å²) in [6.45, 7) is 5.79. The lowest BCUT2D eigenvalue weighted by molar-refractivity contribution is -0.147. The van der Waals surface area contributed by atoms with Gasteiger partial charge in [-0.05, 0) is 57.7 Å². The number of nitrogens with two attached hydrogens (primary N) is 1. The number of hydrogen-bond acceptors (Lipinski definition) is 9. The summed E-state index contributed by atoms with van der Waals surface area (Å²) < 4.78 is 0. The summed E-state index contributed by atoms with van der Waals surface area (Å²) >= 11 is 0. The minimum Gasteiger partial charge on any atom is -0.381 e. The molecule has 1 aliphatic rings. The van der Waals surface area contributed by atoms with Gasteiger partial charge in [-0.3, -0.25) is 34.3 Å². The Morgan fingerprint density at radius 3 is 2.38 bits per heavy atom. The number of imide groups is 1. The van der Waals surface area contributed by atoms with Crippen LogP contribution >= 0.6 is 0 Å². The van der Waals surface area contributed by atoms with Crippen molar-refractivity contribution in [3.8, 4) is 0 Å². The van der Waals surface area contributed by atoms with Crippen molar-refractivity contribution in [3.05, 3.63) is 72.1 Å². The Hall–Kier alpha value is -4.75. The van der Waals surface area contributed by atoms with E-state index in [0.29, 0.717) is 23.9 Å². The van der Waals surface area contributed by atoms with E-state index in [-0.39, 0.29) is 24.6 Å². The van der Waals surface area contributed by atoms with Crippen LogP contribution in [0.15, 0.2) is 60.8 Å². The Balaban J connectivity index is 1.41. The number of likely N-dealkylation sites (tertiary alicyclic amines) is 1. The van der Waals surface area contributed by atoms with Crippen molar-refractivity contribution in [3.63, 3.8) is 0 Å². The number of benzene rings is 2. The third kappa shape index (κ3) is 8.89. The van der Waals surface area contributed by atoms with Crippen LogP contribution in [0.3, 0.4) is 0 Å². The highest BCUT2D eigenvalue weighted by atomic mass is 16.3. The lowest BCUT2D eigenvalue weighted by Gasteiger charge is -2.32. The molecule has 5 amide bonds. The van der Waals surface area contributed by atoms with Crippen LogP contribution in [0.25, 0.3) is 11.0 Å². The van der Waals surface area contributed by atoms with E-state index in [9.17, 15) is 29.1 Å². The van der Waals surface area contributed by atoms with E-state index in [4.69, 9.17) is 5.73 Å². The number of aromatic nitrogens is 2. The molecule has 45 heavy (non-hydrogen) atoms. The molecule has 0 bridgehead atoms. The average Bonchev–Trinajstić information content (AvgIpc) is 3.50. The third-order valence-electron chi connectivity index (χ3n) is 7.27. The molecule has 0 spiro atoms. The first-order valence-electron chi connectivity index (χ1n) is 14.8. The van der Waals surface area contributed by atoms with Crippen LogP contribution in [0.1, 0.15) is 56.1 Å². The molecular formula is C32H39N7O6. The van der Waals surface area contributed by atoms with Crippen LogP contribution < -0.4 is 21.7 Å². The second kappa shape index (κ2) is 14.4. The Kier molecular flexibility index (Phi) is 10.6. The van der Waals surface area contributed by atoms with Crippen molar-refractivity contribution in [2.45, 2.75) is 76.2 Å². The van der Waals surface area contributed by atoms with Gasteiger partial charge in [0.05, 0.1) is 35.7 Å². The van der Waals surface area contributed by atoms with E-state index in [1.807, 2.05) is 20.8 Å². The van der Waals surface area contributed by atoms with E-state index in [0.717, 1.165) is 5.56 Å². The molecule has 1 fully saturated rings. The first kappa shape index (κ1) is 33.1. The minimum atomic E-state index is -1.70. The fraction of sp³-hybridized carbons (Fsp3) is 0.406. The molecule has 2 aromatic carbocycles. The van der Waals surface area contributed by atoms with E-state index >= 15 is 0 Å². The second-order valence-corrected chi connectivity index (χ2v) is 12.1. The number of aliphatic hydroxyl groups is 1. The summed E-state index contributed by atoms with van der Waals surface area (Å²) in [6.07, 6.45) is 0.0826. The molecule has 0 radical (unpaired) electrons. The number of nitrogens with one attached hydrogen (secondary N) is 3. The Labute approximate surface area is 261 Å². The molecular weight excluding hydrogens is 578 g/mol. The summed E-state index contributed by atoms with van der Waals surface area (Å²) in [7, 11) is 0. The monoisotopic (exact) mass is 617 g/mol. The predicted octanol–water partition coefficient (Wildman–Crippen LogP) is 0.598. The molecule has 3 aromatic rings. The van der Waals surface area contributed by atoms with E-state index < -0.39 is 59.8 Å². The predicted molar refractivity (Wildman–Crippen MR) is 165 cm³/mol. The molecule has 1 aliphatic heterocycles. The molecule has 2 unspecified atom stereocenters. The second-order valence-electron chi connectivity index (χ2n) is 12.1. The molecule has 0 saturated carbocycles. The molecule has 0 aliphatic carbocycles. The molecule has 13 nitrogen and oxygen atoms in total. The summed E-state index contributed by atoms with van der Waals surface area (Å²) in [5, 5.41) is 18.9. The number of fused-ring (bicyclic) bond motifs is 1. The van der Waals surface area contributed by atoms with Gasteiger partial charge in [-0.2, -0.15) is 0 Å². The molecule has 2 heterocycles. The molecule has 1 saturated heterocycles. The van der Waals surface area contributed by atoms with E-state index in [1.54, 1.807) is 54.6 Å². The number of hydrogen-bond donors (Lipinski definition) is 5. The lowest BCUT2D eigenvalue weighted by atomic mass is 9.99. The standard InChI is InChI=1S/C32H39N7O6/c1-32(2,3)38-30(44)25-14-9-15-39(25)31(45)27(41)23(16-19-10-5-4-6-11-19)36-28(42)20(33)17-26(40)37-29(43)24-18-34-21-12-7-8-13-22(21)35-24/h4-8,10-13,18,20,23,25,27,41H,9,14-17,33H2,1-3H3,(H,36,42)(H,38,44)(H,37,40,43)/t20-,23?,25-,27?/m0/s1. The first-order valence-corrected chi connectivity index (χ1v) is 14.8. The number of nitrogens with zero attached hydrogens (tertiary/aromatic N) is 3. The van der Waals surface area contributed by atoms with Crippen molar-refractivity contribution < 1.29 is 29.1 Å². The Bertz CT molecular complexity index is 1560. The zero-order valence-corrected chi connectivity index (χ0v) is 25.5. The smallest absolute Gasteiger partial charge is 0.278 e. The van der Waals surface area contributed by atoms with Crippen LogP contribution in [0.5, 0.6) is 0 Å². The third-order valence-corrected chi connectivity index (χ3v) is 7.27. The van der Waals surface area contributed by atoms with Gasteiger partial charge in [-0.15, -0.1) is 0 Å². The summed E-state index contributed by atoms with van der Waals surface area (Å²) in [5.74, 6) is -3.44. The number of aliphatic hydroxyl groups excluding tert-OH is 1. The van der Waals surface area contributed by atoms with Gasteiger partial charge in [-0.25, -0.2) is 4.98 Å². The van der Waals surface area contributed by atoms with Crippen molar-refractivity contribution in [1.29, 1.82) is 0 Å². The highest BCUT2D eigenvalue weighted by Gasteiger charge is 2.40. The van der Waals surface area contributed by atoms with Gasteiger partial charge in [0, 0.05) is 12.1 Å². The maximum absolute atomic E-state index is 13.5. The number of para-hydroxylation sites is 2. The van der Waals surface area contributed by atoms with Crippen molar-refractivity contribution >= 4 is 40.6 Å². The highest BCUT2D eigenvalue weighted by Crippen LogP contribution is 2.21. The summed E-state index contributed by atoms with van der Waals surface area (Å²) in [4.78, 5) is 74.5. The van der Waals surface area contributed by atoms with Gasteiger partial charge in [0.1, 0.15) is 11.7 Å². The number of rotatable bonds is 10. The number of carbonyl (C=O) groups is 5. The lowest BCUT2D eigenvalue weighted by Crippen LogP contribution is -2.58. The van der Waals surface area contributed by atoms with Gasteiger partial charge >= 0.3 is 0 Å². The maximum Gasteiger partial charge on any atom is 0.278 e. The minimum absolute atomic E-state index is 0.0736. The topological polar surface area (TPSA) is 197 Å². The van der Waals surface area contributed by atoms with E-state index in [1.165, 1.54) is 11.1 Å². The SMILES string of the molecule is CC(C)(C)NC(=O)[C@@H]1CCCN1C(=O)C(O)C(Cc1ccccc1)NC(=O)[C@@H](N)CC(=O)NC(=O)c1cnc2ccccc2n1. The van der Waals surface area contributed by atoms with Crippen LogP contribution in [0.4, 0.5) is 0 Å². The molecule has 1 aromatic heterocycles. The van der Waals surface area contributed by atoms with E-state index in [2.05, 4.69) is 25.9 Å².